The van der Waals surface area contributed by atoms with Crippen LogP contribution >= 0.6 is 0 Å². The molecule has 0 aromatic heterocycles. The number of primary amides is 1. The molecule has 1 amide bonds. The molecule has 0 saturated heterocycles. The van der Waals surface area contributed by atoms with Crippen molar-refractivity contribution in [3.63, 3.8) is 0 Å². The van der Waals surface area contributed by atoms with Crippen LogP contribution in [0.3, 0.4) is 0 Å². The molecule has 4 atom stereocenters. The van der Waals surface area contributed by atoms with Crippen LogP contribution in [0.5, 0.6) is 5.75 Å². The summed E-state index contributed by atoms with van der Waals surface area (Å²) >= 11 is 0. The van der Waals surface area contributed by atoms with E-state index in [1.807, 2.05) is 0 Å². The molecule has 0 radical (unpaired) electrons. The number of rotatable bonds is 3. The van der Waals surface area contributed by atoms with Gasteiger partial charge in [0.2, 0.25) is 11.5 Å². The Morgan fingerprint density at radius 3 is 2.21 bits per heavy atom. The molecule has 0 heterocycles. The number of hydrogen-bond acceptors (Lipinski definition) is 12. The first-order chi connectivity index (χ1) is 17.3. The number of aliphatic hydroxyl groups excluding tert-OH is 2. The number of nitrogens with two attached hydrogens (primary N) is 1. The summed E-state index contributed by atoms with van der Waals surface area (Å²) in [5.41, 5.74) is 0.559. The van der Waals surface area contributed by atoms with E-state index in [1.54, 1.807) is 0 Å². The second-order valence-electron chi connectivity index (χ2n) is 9.13. The van der Waals surface area contributed by atoms with Gasteiger partial charge in [-0.15, -0.1) is 0 Å². The number of nitrogens with zero attached hydrogens (tertiary/aromatic N) is 2. The number of carbonyl (C=O) groups is 3. The van der Waals surface area contributed by atoms with Crippen LogP contribution in [-0.4, -0.2) is 91.0 Å². The Hall–Kier alpha value is -3.90. The monoisotopic (exact) mass is 557 g/mol. The van der Waals surface area contributed by atoms with Gasteiger partial charge in [0.25, 0.3) is 5.91 Å². The van der Waals surface area contributed by atoms with Crippen LogP contribution in [-0.2, 0) is 31.2 Å². The van der Waals surface area contributed by atoms with Crippen molar-refractivity contribution in [2.75, 3.05) is 14.1 Å². The van der Waals surface area contributed by atoms with Gasteiger partial charge in [0.05, 0.1) is 16.5 Å². The fourth-order valence-corrected chi connectivity index (χ4v) is 5.35. The Kier molecular flexibility index (Phi) is 7.12. The number of amides is 1. The van der Waals surface area contributed by atoms with Gasteiger partial charge in [-0.2, -0.15) is 8.42 Å². The maximum Gasteiger partial charge on any atom is 0.394 e. The third kappa shape index (κ3) is 4.50. The number of nitro benzene ring substituents is 1. The molecule has 38 heavy (non-hydrogen) atoms. The Bertz CT molecular complexity index is 1440. The zero-order valence-electron chi connectivity index (χ0n) is 19.7. The Balaban J connectivity index is 0.000000732. The van der Waals surface area contributed by atoms with E-state index in [0.29, 0.717) is 5.56 Å². The lowest BCUT2D eigenvalue weighted by Crippen LogP contribution is -2.65. The summed E-state index contributed by atoms with van der Waals surface area (Å²) in [4.78, 5) is 50.2. The van der Waals surface area contributed by atoms with E-state index < -0.39 is 84.8 Å². The van der Waals surface area contributed by atoms with Crippen LogP contribution in [0.15, 0.2) is 29.0 Å². The van der Waals surface area contributed by atoms with Crippen LogP contribution in [0.2, 0.25) is 0 Å². The predicted molar refractivity (Wildman–Crippen MR) is 125 cm³/mol. The Morgan fingerprint density at radius 2 is 1.74 bits per heavy atom. The first-order valence-electron chi connectivity index (χ1n) is 10.7. The smallest absolute Gasteiger partial charge is 0.394 e. The molecule has 1 aromatic rings. The fraction of sp³-hybridized carbons (Fsp3) is 0.381. The van der Waals surface area contributed by atoms with E-state index >= 15 is 0 Å². The molecule has 16 nitrogen and oxygen atoms in total. The van der Waals surface area contributed by atoms with Crippen LogP contribution in [0, 0.1) is 22.0 Å². The average molecular weight is 557 g/mol. The SMILES string of the molecule is CN(C)C1C(=O)C(C(N)=O)=C(O)C2(O)C(=O)C3=C(O)c4c(ccc([N+](=O)[O-])c4O)CC3CC12.O=S(=O)(O)O. The highest BCUT2D eigenvalue weighted by Gasteiger charge is 2.64. The van der Waals surface area contributed by atoms with Gasteiger partial charge in [-0.1, -0.05) is 6.07 Å². The van der Waals surface area contributed by atoms with Gasteiger partial charge < -0.3 is 26.2 Å². The molecular formula is C21H23N3O13S. The number of benzene rings is 1. The average Bonchev–Trinajstić information content (AvgIpc) is 2.74. The molecule has 17 heteroatoms. The summed E-state index contributed by atoms with van der Waals surface area (Å²) in [6, 6.07) is 1.25. The largest absolute Gasteiger partial charge is 0.508 e. The van der Waals surface area contributed by atoms with E-state index in [2.05, 4.69) is 0 Å². The maximum absolute atomic E-state index is 13.6. The van der Waals surface area contributed by atoms with Crippen molar-refractivity contribution in [3.8, 4) is 5.75 Å². The zero-order chi connectivity index (χ0) is 29.1. The molecule has 4 unspecified atom stereocenters. The quantitative estimate of drug-likeness (QED) is 0.104. The molecule has 3 aliphatic rings. The standard InChI is InChI=1S/C21H21N3O9.H2O4S/c1-23(2)14-9-6-8-5-7-3-4-10(24(32)33)15(25)11(7)16(26)12(8)18(28)21(9,31)19(29)13(17(14)27)20(22)30;1-5(2,3)4/h3-4,8-9,14,25-26,29,31H,5-6H2,1-2H3,(H2,22,30);(H2,1,2,3,4). The van der Waals surface area contributed by atoms with E-state index in [0.717, 1.165) is 6.07 Å². The summed E-state index contributed by atoms with van der Waals surface area (Å²) in [7, 11) is -1.66. The zero-order valence-corrected chi connectivity index (χ0v) is 20.5. The molecule has 206 valence electrons. The molecule has 4 rings (SSSR count). The number of likely N-dealkylation sites (N-methyl/N-ethyl adjacent to an activating group) is 1. The predicted octanol–water partition coefficient (Wildman–Crippen LogP) is -0.781. The summed E-state index contributed by atoms with van der Waals surface area (Å²) < 4.78 is 31.6. The number of carbonyl (C=O) groups excluding carboxylic acids is 3. The summed E-state index contributed by atoms with van der Waals surface area (Å²) in [6.07, 6.45) is 0.0175. The van der Waals surface area contributed by atoms with Gasteiger partial charge in [0.15, 0.2) is 11.4 Å². The second kappa shape index (κ2) is 9.44. The molecule has 0 aliphatic heterocycles. The Labute approximate surface area is 214 Å². The van der Waals surface area contributed by atoms with Gasteiger partial charge in [-0.25, -0.2) is 0 Å². The first kappa shape index (κ1) is 28.7. The number of fused-ring (bicyclic) bond motifs is 3. The number of ketones is 2. The molecule has 0 spiro atoms. The van der Waals surface area contributed by atoms with Crippen molar-refractivity contribution in [2.24, 2.45) is 17.6 Å². The number of phenols is 1. The number of hydrogen-bond donors (Lipinski definition) is 7. The topological polar surface area (TPSA) is 279 Å². The number of aromatic hydroxyl groups is 1. The van der Waals surface area contributed by atoms with E-state index in [1.165, 1.54) is 25.1 Å². The second-order valence-corrected chi connectivity index (χ2v) is 10.0. The van der Waals surface area contributed by atoms with Gasteiger partial charge >= 0.3 is 16.1 Å². The van der Waals surface area contributed by atoms with Crippen LogP contribution < -0.4 is 5.73 Å². The minimum absolute atomic E-state index is 0.0521. The van der Waals surface area contributed by atoms with Crippen molar-refractivity contribution in [1.82, 2.24) is 4.90 Å². The lowest BCUT2D eigenvalue weighted by atomic mass is 9.57. The van der Waals surface area contributed by atoms with E-state index in [-0.39, 0.29) is 24.0 Å². The van der Waals surface area contributed by atoms with Crippen molar-refractivity contribution < 1.29 is 57.3 Å². The molecule has 8 N–H and O–H groups in total. The number of phenolic OH excluding ortho intramolecular Hbond substituents is 1. The number of nitro groups is 1. The van der Waals surface area contributed by atoms with E-state index in [4.69, 9.17) is 23.3 Å². The minimum Gasteiger partial charge on any atom is -0.508 e. The molecule has 3 aliphatic carbocycles. The minimum atomic E-state index is -4.67. The summed E-state index contributed by atoms with van der Waals surface area (Å²) in [5.74, 6) is -8.05. The van der Waals surface area contributed by atoms with Gasteiger partial charge in [0.1, 0.15) is 17.1 Å². The fourth-order valence-electron chi connectivity index (χ4n) is 5.35. The number of aliphatic hydroxyl groups is 3. The molecule has 1 saturated carbocycles. The third-order valence-corrected chi connectivity index (χ3v) is 6.77. The van der Waals surface area contributed by atoms with Crippen molar-refractivity contribution in [1.29, 1.82) is 0 Å². The molecule has 1 fully saturated rings. The van der Waals surface area contributed by atoms with Gasteiger partial charge in [-0.05, 0) is 38.4 Å². The lowest BCUT2D eigenvalue weighted by molar-refractivity contribution is -0.385. The van der Waals surface area contributed by atoms with Gasteiger partial charge in [0, 0.05) is 17.6 Å². The van der Waals surface area contributed by atoms with Gasteiger partial charge in [-0.3, -0.25) is 38.5 Å². The molecule has 0 bridgehead atoms. The van der Waals surface area contributed by atoms with Crippen LogP contribution in [0.4, 0.5) is 5.69 Å². The normalized spacial score (nSPS) is 26.7. The highest BCUT2D eigenvalue weighted by molar-refractivity contribution is 7.79. The molecular weight excluding hydrogens is 534 g/mol. The molecule has 1 aromatic carbocycles. The van der Waals surface area contributed by atoms with Crippen molar-refractivity contribution in [3.05, 3.63) is 50.3 Å². The van der Waals surface area contributed by atoms with E-state index in [9.17, 15) is 44.9 Å². The maximum atomic E-state index is 13.6. The van der Waals surface area contributed by atoms with Crippen molar-refractivity contribution in [2.45, 2.75) is 24.5 Å². The number of Topliss-reactive ketones (excluding diaryl/α,β-unsaturated/α-hetero) is 2. The van der Waals surface area contributed by atoms with Crippen LogP contribution in [0.25, 0.3) is 5.76 Å². The third-order valence-electron chi connectivity index (χ3n) is 6.77. The van der Waals surface area contributed by atoms with Crippen molar-refractivity contribution >= 4 is 39.3 Å². The summed E-state index contributed by atoms with van der Waals surface area (Å²) in [5, 5.41) is 54.6. The summed E-state index contributed by atoms with van der Waals surface area (Å²) in [6.45, 7) is 0. The Morgan fingerprint density at radius 1 is 1.18 bits per heavy atom. The van der Waals surface area contributed by atoms with Crippen LogP contribution in [0.1, 0.15) is 17.5 Å². The lowest BCUT2D eigenvalue weighted by Gasteiger charge is -2.50. The highest BCUT2D eigenvalue weighted by atomic mass is 32.3. The highest BCUT2D eigenvalue weighted by Crippen LogP contribution is 2.53. The first-order valence-corrected chi connectivity index (χ1v) is 12.1.